The van der Waals surface area contributed by atoms with Gasteiger partial charge in [0.15, 0.2) is 5.82 Å². The van der Waals surface area contributed by atoms with Crippen molar-refractivity contribution >= 4 is 22.4 Å². The lowest BCUT2D eigenvalue weighted by molar-refractivity contribution is -0.274. The Morgan fingerprint density at radius 1 is 0.833 bits per heavy atom. The molecule has 0 bridgehead atoms. The topological polar surface area (TPSA) is 82.0 Å². The number of pyridine rings is 2. The van der Waals surface area contributed by atoms with Crippen molar-refractivity contribution < 1.29 is 22.6 Å². The summed E-state index contributed by atoms with van der Waals surface area (Å²) >= 11 is 0. The lowest BCUT2D eigenvalue weighted by Crippen LogP contribution is -2.17. The molecule has 3 heterocycles. The summed E-state index contributed by atoms with van der Waals surface area (Å²) in [7, 11) is 0. The summed E-state index contributed by atoms with van der Waals surface area (Å²) in [6, 6.07) is 20.0. The minimum absolute atomic E-state index is 0.264. The summed E-state index contributed by atoms with van der Waals surface area (Å²) in [4.78, 5) is 17.6. The zero-order valence-corrected chi connectivity index (χ0v) is 18.6. The molecule has 0 spiro atoms. The number of fused-ring (bicyclic) bond motifs is 1. The molecule has 0 aliphatic heterocycles. The van der Waals surface area contributed by atoms with Crippen LogP contribution in [-0.2, 0) is 6.61 Å². The fourth-order valence-electron chi connectivity index (χ4n) is 3.47. The molecule has 0 amide bonds. The van der Waals surface area contributed by atoms with E-state index in [0.29, 0.717) is 39.5 Å². The molecule has 3 aromatic heterocycles. The maximum absolute atomic E-state index is 12.7. The van der Waals surface area contributed by atoms with E-state index in [-0.39, 0.29) is 12.4 Å². The van der Waals surface area contributed by atoms with Crippen molar-refractivity contribution in [3.63, 3.8) is 0 Å². The maximum atomic E-state index is 12.7. The molecule has 0 aliphatic carbocycles. The van der Waals surface area contributed by atoms with Gasteiger partial charge in [0, 0.05) is 41.3 Å². The van der Waals surface area contributed by atoms with Crippen LogP contribution < -0.4 is 14.8 Å². The Labute approximate surface area is 203 Å². The molecule has 0 unspecified atom stereocenters. The lowest BCUT2D eigenvalue weighted by Gasteiger charge is -2.14. The summed E-state index contributed by atoms with van der Waals surface area (Å²) in [5, 5.41) is 3.71. The third kappa shape index (κ3) is 5.66. The second-order valence-corrected chi connectivity index (χ2v) is 7.63. The Bertz CT molecular complexity index is 1480. The second kappa shape index (κ2) is 9.87. The fraction of sp³-hybridized carbons (Fsp3) is 0.0769. The number of rotatable bonds is 7. The van der Waals surface area contributed by atoms with E-state index in [0.717, 1.165) is 5.69 Å². The first-order chi connectivity index (χ1) is 17.4. The Kier molecular flexibility index (Phi) is 6.31. The van der Waals surface area contributed by atoms with Gasteiger partial charge < -0.3 is 14.8 Å². The molecule has 1 N–H and O–H groups in total. The van der Waals surface area contributed by atoms with Crippen LogP contribution in [0.15, 0.2) is 91.4 Å². The van der Waals surface area contributed by atoms with Gasteiger partial charge in [-0.15, -0.1) is 13.2 Å². The second-order valence-electron chi connectivity index (χ2n) is 7.63. The van der Waals surface area contributed by atoms with E-state index in [1.165, 1.54) is 18.2 Å². The minimum atomic E-state index is -4.80. The number of benzene rings is 2. The van der Waals surface area contributed by atoms with Crippen molar-refractivity contribution in [3.05, 3.63) is 97.1 Å². The van der Waals surface area contributed by atoms with E-state index in [4.69, 9.17) is 4.74 Å². The molecule has 180 valence electrons. The predicted molar refractivity (Wildman–Crippen MR) is 128 cm³/mol. The number of alkyl halides is 3. The molecule has 36 heavy (non-hydrogen) atoms. The van der Waals surface area contributed by atoms with Crippen LogP contribution >= 0.6 is 0 Å². The molecule has 0 aliphatic rings. The highest BCUT2D eigenvalue weighted by Crippen LogP contribution is 2.32. The van der Waals surface area contributed by atoms with Crippen molar-refractivity contribution in [2.24, 2.45) is 0 Å². The van der Waals surface area contributed by atoms with E-state index < -0.39 is 6.36 Å². The number of ether oxygens (including phenoxy) is 2. The number of anilines is 2. The van der Waals surface area contributed by atoms with Gasteiger partial charge in [-0.1, -0.05) is 12.1 Å². The molecule has 2 aromatic carbocycles. The van der Waals surface area contributed by atoms with Crippen LogP contribution in [0.3, 0.4) is 0 Å². The van der Waals surface area contributed by atoms with Gasteiger partial charge in [-0.05, 0) is 54.6 Å². The van der Waals surface area contributed by atoms with E-state index in [1.54, 1.807) is 48.9 Å². The average molecular weight is 489 g/mol. The highest BCUT2D eigenvalue weighted by molar-refractivity contribution is 5.93. The van der Waals surface area contributed by atoms with E-state index >= 15 is 0 Å². The van der Waals surface area contributed by atoms with Gasteiger partial charge in [-0.2, -0.15) is 0 Å². The Morgan fingerprint density at radius 2 is 1.75 bits per heavy atom. The first-order valence-electron chi connectivity index (χ1n) is 10.8. The molecule has 0 radical (unpaired) electrons. The number of hydrogen-bond donors (Lipinski definition) is 1. The summed E-state index contributed by atoms with van der Waals surface area (Å²) in [6.07, 6.45) is 0.160. The van der Waals surface area contributed by atoms with Crippen molar-refractivity contribution in [1.82, 2.24) is 19.9 Å². The molecule has 10 heteroatoms. The van der Waals surface area contributed by atoms with Crippen molar-refractivity contribution in [3.8, 4) is 22.9 Å². The maximum Gasteiger partial charge on any atom is 0.573 e. The molecule has 5 rings (SSSR count). The zero-order chi connectivity index (χ0) is 25.0. The van der Waals surface area contributed by atoms with Gasteiger partial charge in [0.25, 0.3) is 0 Å². The van der Waals surface area contributed by atoms with Gasteiger partial charge in [0.1, 0.15) is 23.9 Å². The van der Waals surface area contributed by atoms with Gasteiger partial charge in [-0.25, -0.2) is 9.97 Å². The standard InChI is InChI=1S/C26H18F3N5O2/c27-26(28,29)36-21-8-3-7-18(13-21)32-25-22-14-20(35-16-19-6-1-2-12-31-19)9-10-23(22)33-24(34-25)17-5-4-11-30-15-17/h1-15H,16H2,(H,32,33,34). The smallest absolute Gasteiger partial charge is 0.487 e. The summed E-state index contributed by atoms with van der Waals surface area (Å²) in [5.41, 5.74) is 2.42. The first-order valence-corrected chi connectivity index (χ1v) is 10.8. The van der Waals surface area contributed by atoms with E-state index in [1.807, 2.05) is 24.3 Å². The number of hydrogen-bond acceptors (Lipinski definition) is 7. The molecule has 7 nitrogen and oxygen atoms in total. The van der Waals surface area contributed by atoms with Gasteiger partial charge in [-0.3, -0.25) is 9.97 Å². The average Bonchev–Trinajstić information content (AvgIpc) is 2.88. The van der Waals surface area contributed by atoms with Crippen LogP contribution in [0, 0.1) is 0 Å². The summed E-state index contributed by atoms with van der Waals surface area (Å²) in [6.45, 7) is 0.264. The third-order valence-corrected chi connectivity index (χ3v) is 5.03. The van der Waals surface area contributed by atoms with Crippen LogP contribution in [0.5, 0.6) is 11.5 Å². The van der Waals surface area contributed by atoms with Crippen LogP contribution in [0.2, 0.25) is 0 Å². The van der Waals surface area contributed by atoms with Crippen molar-refractivity contribution in [2.45, 2.75) is 13.0 Å². The minimum Gasteiger partial charge on any atom is -0.487 e. The number of nitrogens with one attached hydrogen (secondary N) is 1. The molecule has 0 atom stereocenters. The molecule has 0 saturated heterocycles. The van der Waals surface area contributed by atoms with Gasteiger partial charge >= 0.3 is 6.36 Å². The van der Waals surface area contributed by atoms with Gasteiger partial charge in [0.05, 0.1) is 11.2 Å². The molecule has 5 aromatic rings. The predicted octanol–water partition coefficient (Wildman–Crippen LogP) is 6.31. The monoisotopic (exact) mass is 489 g/mol. The largest absolute Gasteiger partial charge is 0.573 e. The van der Waals surface area contributed by atoms with Crippen LogP contribution in [0.4, 0.5) is 24.7 Å². The molecular formula is C26H18F3N5O2. The van der Waals surface area contributed by atoms with Crippen LogP contribution in [0.1, 0.15) is 5.69 Å². The van der Waals surface area contributed by atoms with Crippen molar-refractivity contribution in [2.75, 3.05) is 5.32 Å². The highest BCUT2D eigenvalue weighted by atomic mass is 19.4. The van der Waals surface area contributed by atoms with E-state index in [9.17, 15) is 13.2 Å². The first kappa shape index (κ1) is 23.0. The number of nitrogens with zero attached hydrogens (tertiary/aromatic N) is 4. The summed E-state index contributed by atoms with van der Waals surface area (Å²) in [5.74, 6) is 0.995. The van der Waals surface area contributed by atoms with Crippen LogP contribution in [0.25, 0.3) is 22.3 Å². The lowest BCUT2D eigenvalue weighted by atomic mass is 10.2. The fourth-order valence-corrected chi connectivity index (χ4v) is 3.47. The molecule has 0 saturated carbocycles. The van der Waals surface area contributed by atoms with Crippen molar-refractivity contribution in [1.29, 1.82) is 0 Å². The Hall–Kier alpha value is -4.73. The van der Waals surface area contributed by atoms with Gasteiger partial charge in [0.2, 0.25) is 0 Å². The van der Waals surface area contributed by atoms with Crippen LogP contribution in [-0.4, -0.2) is 26.3 Å². The zero-order valence-electron chi connectivity index (χ0n) is 18.6. The van der Waals surface area contributed by atoms with E-state index in [2.05, 4.69) is 30.0 Å². The number of aromatic nitrogens is 4. The third-order valence-electron chi connectivity index (χ3n) is 5.03. The molecular weight excluding hydrogens is 471 g/mol. The highest BCUT2D eigenvalue weighted by Gasteiger charge is 2.31. The normalized spacial score (nSPS) is 11.3. The SMILES string of the molecule is FC(F)(F)Oc1cccc(Nc2nc(-c3cccnc3)nc3ccc(OCc4ccccn4)cc23)c1. The molecule has 0 fully saturated rings. The summed E-state index contributed by atoms with van der Waals surface area (Å²) < 4.78 is 48.0. The quantitative estimate of drug-likeness (QED) is 0.287. The Balaban J connectivity index is 1.52. The Morgan fingerprint density at radius 3 is 2.53 bits per heavy atom. The number of halogens is 3.